The first kappa shape index (κ1) is 15.8. The molecule has 0 aliphatic heterocycles. The van der Waals surface area contributed by atoms with Gasteiger partial charge in [-0.1, -0.05) is 6.92 Å². The van der Waals surface area contributed by atoms with Gasteiger partial charge in [0.1, 0.15) is 0 Å². The zero-order valence-electron chi connectivity index (χ0n) is 12.9. The minimum Gasteiger partial charge on any atom is -0.394 e. The third-order valence-electron chi connectivity index (χ3n) is 5.01. The van der Waals surface area contributed by atoms with E-state index in [0.29, 0.717) is 24.4 Å². The molecule has 0 atom stereocenters. The highest BCUT2D eigenvalue weighted by Crippen LogP contribution is 2.34. The lowest BCUT2D eigenvalue weighted by atomic mass is 9.76. The van der Waals surface area contributed by atoms with Crippen molar-refractivity contribution < 1.29 is 14.6 Å². The van der Waals surface area contributed by atoms with Crippen LogP contribution in [0.15, 0.2) is 0 Å². The molecule has 0 aromatic carbocycles. The Morgan fingerprint density at radius 1 is 1.35 bits per heavy atom. The summed E-state index contributed by atoms with van der Waals surface area (Å²) in [7, 11) is 0. The van der Waals surface area contributed by atoms with E-state index in [2.05, 4.69) is 12.2 Å². The smallest absolute Gasteiger partial charge is 0.220 e. The van der Waals surface area contributed by atoms with Crippen molar-refractivity contribution >= 4 is 5.91 Å². The fraction of sp³-hybridized carbons (Fsp3) is 0.938. The molecule has 4 nitrogen and oxygen atoms in total. The van der Waals surface area contributed by atoms with Crippen LogP contribution in [0.25, 0.3) is 0 Å². The van der Waals surface area contributed by atoms with Gasteiger partial charge in [-0.3, -0.25) is 4.79 Å². The first-order valence-electron chi connectivity index (χ1n) is 8.10. The van der Waals surface area contributed by atoms with E-state index in [9.17, 15) is 9.90 Å². The van der Waals surface area contributed by atoms with Crippen molar-refractivity contribution in [2.24, 2.45) is 11.8 Å². The Labute approximate surface area is 122 Å². The lowest BCUT2D eigenvalue weighted by Crippen LogP contribution is -2.54. The van der Waals surface area contributed by atoms with Gasteiger partial charge < -0.3 is 15.2 Å². The molecule has 0 heterocycles. The Morgan fingerprint density at radius 2 is 2.00 bits per heavy atom. The number of carbonyl (C=O) groups is 1. The van der Waals surface area contributed by atoms with Gasteiger partial charge in [0.25, 0.3) is 0 Å². The van der Waals surface area contributed by atoms with Crippen molar-refractivity contribution in [2.45, 2.75) is 70.4 Å². The third kappa shape index (κ3) is 3.95. The minimum absolute atomic E-state index is 0.0672. The zero-order chi connectivity index (χ0) is 14.6. The predicted molar refractivity (Wildman–Crippen MR) is 78.3 cm³/mol. The van der Waals surface area contributed by atoms with Crippen LogP contribution in [0, 0.1) is 11.8 Å². The summed E-state index contributed by atoms with van der Waals surface area (Å²) in [6.45, 7) is 5.08. The predicted octanol–water partition coefficient (Wildman–Crippen LogP) is 2.25. The molecule has 0 unspecified atom stereocenters. The quantitative estimate of drug-likeness (QED) is 0.786. The van der Waals surface area contributed by atoms with E-state index in [1.807, 2.05) is 6.92 Å². The second kappa shape index (κ2) is 6.90. The van der Waals surface area contributed by atoms with Crippen LogP contribution in [0.2, 0.25) is 0 Å². The lowest BCUT2D eigenvalue weighted by Gasteiger charge is -2.40. The van der Waals surface area contributed by atoms with Gasteiger partial charge in [-0.15, -0.1) is 0 Å². The standard InChI is InChI=1S/C16H29NO3/c1-3-20-14-8-13(9-14)10-15(19)17-16(11-18)6-4-12(2)5-7-16/h12-14,18H,3-11H2,1-2H3,(H,17,19). The summed E-state index contributed by atoms with van der Waals surface area (Å²) in [6, 6.07) is 0. The molecule has 0 spiro atoms. The molecule has 2 aliphatic rings. The molecular weight excluding hydrogens is 254 g/mol. The van der Waals surface area contributed by atoms with Crippen molar-refractivity contribution in [3.63, 3.8) is 0 Å². The van der Waals surface area contributed by atoms with E-state index >= 15 is 0 Å². The molecule has 0 radical (unpaired) electrons. The van der Waals surface area contributed by atoms with Crippen molar-refractivity contribution in [1.82, 2.24) is 5.32 Å². The molecule has 2 fully saturated rings. The maximum absolute atomic E-state index is 12.2. The Kier molecular flexibility index (Phi) is 5.44. The van der Waals surface area contributed by atoms with Crippen molar-refractivity contribution in [2.75, 3.05) is 13.2 Å². The third-order valence-corrected chi connectivity index (χ3v) is 5.01. The summed E-state index contributed by atoms with van der Waals surface area (Å²) in [6.07, 6.45) is 6.95. The average Bonchev–Trinajstić information content (AvgIpc) is 2.39. The van der Waals surface area contributed by atoms with Crippen LogP contribution in [0.3, 0.4) is 0 Å². The fourth-order valence-corrected chi connectivity index (χ4v) is 3.46. The van der Waals surface area contributed by atoms with Crippen LogP contribution in [0.4, 0.5) is 0 Å². The van der Waals surface area contributed by atoms with Crippen molar-refractivity contribution in [3.05, 3.63) is 0 Å². The summed E-state index contributed by atoms with van der Waals surface area (Å²) in [5.74, 6) is 1.28. The Balaban J connectivity index is 1.73. The van der Waals surface area contributed by atoms with E-state index in [-0.39, 0.29) is 18.1 Å². The summed E-state index contributed by atoms with van der Waals surface area (Å²) in [5.41, 5.74) is -0.355. The summed E-state index contributed by atoms with van der Waals surface area (Å²) >= 11 is 0. The monoisotopic (exact) mass is 283 g/mol. The molecule has 0 aromatic heterocycles. The SMILES string of the molecule is CCOC1CC(CC(=O)NC2(CO)CCC(C)CC2)C1. The van der Waals surface area contributed by atoms with Gasteiger partial charge in [0.15, 0.2) is 0 Å². The van der Waals surface area contributed by atoms with Gasteiger partial charge in [0.2, 0.25) is 5.91 Å². The molecule has 2 N–H and O–H groups in total. The summed E-state index contributed by atoms with van der Waals surface area (Å²) in [5, 5.41) is 12.8. The second-order valence-electron chi connectivity index (χ2n) is 6.79. The highest BCUT2D eigenvalue weighted by atomic mass is 16.5. The molecule has 2 rings (SSSR count). The van der Waals surface area contributed by atoms with Gasteiger partial charge in [0.05, 0.1) is 18.2 Å². The molecule has 2 aliphatic carbocycles. The molecule has 20 heavy (non-hydrogen) atoms. The molecule has 0 bridgehead atoms. The average molecular weight is 283 g/mol. The maximum Gasteiger partial charge on any atom is 0.220 e. The van der Waals surface area contributed by atoms with Gasteiger partial charge in [0, 0.05) is 13.0 Å². The molecule has 1 amide bonds. The number of hydrogen-bond acceptors (Lipinski definition) is 3. The van der Waals surface area contributed by atoms with E-state index in [1.54, 1.807) is 0 Å². The molecule has 0 aromatic rings. The Hall–Kier alpha value is -0.610. The van der Waals surface area contributed by atoms with Crippen molar-refractivity contribution in [1.29, 1.82) is 0 Å². The van der Waals surface area contributed by atoms with Crippen LogP contribution in [0.1, 0.15) is 58.8 Å². The highest BCUT2D eigenvalue weighted by molar-refractivity contribution is 5.77. The minimum atomic E-state index is -0.355. The maximum atomic E-state index is 12.2. The number of carbonyl (C=O) groups excluding carboxylic acids is 1. The molecule has 4 heteroatoms. The molecule has 116 valence electrons. The second-order valence-corrected chi connectivity index (χ2v) is 6.79. The van der Waals surface area contributed by atoms with Crippen LogP contribution in [-0.4, -0.2) is 35.9 Å². The van der Waals surface area contributed by atoms with Gasteiger partial charge >= 0.3 is 0 Å². The first-order valence-corrected chi connectivity index (χ1v) is 8.10. The highest BCUT2D eigenvalue weighted by Gasteiger charge is 2.37. The van der Waals surface area contributed by atoms with Gasteiger partial charge in [-0.25, -0.2) is 0 Å². The topological polar surface area (TPSA) is 58.6 Å². The molecule has 0 saturated heterocycles. The zero-order valence-corrected chi connectivity index (χ0v) is 12.9. The van der Waals surface area contributed by atoms with Gasteiger partial charge in [-0.05, 0) is 57.3 Å². The van der Waals surface area contributed by atoms with Crippen LogP contribution >= 0.6 is 0 Å². The summed E-state index contributed by atoms with van der Waals surface area (Å²) < 4.78 is 5.52. The van der Waals surface area contributed by atoms with E-state index in [0.717, 1.165) is 45.1 Å². The van der Waals surface area contributed by atoms with E-state index in [1.165, 1.54) is 0 Å². The molecule has 2 saturated carbocycles. The number of hydrogen-bond donors (Lipinski definition) is 2. The summed E-state index contributed by atoms with van der Waals surface area (Å²) in [4.78, 5) is 12.2. The van der Waals surface area contributed by atoms with Crippen molar-refractivity contribution in [3.8, 4) is 0 Å². The van der Waals surface area contributed by atoms with E-state index in [4.69, 9.17) is 4.74 Å². The van der Waals surface area contributed by atoms with Crippen LogP contribution in [-0.2, 0) is 9.53 Å². The number of rotatable bonds is 6. The van der Waals surface area contributed by atoms with Crippen LogP contribution < -0.4 is 5.32 Å². The van der Waals surface area contributed by atoms with Crippen LogP contribution in [0.5, 0.6) is 0 Å². The normalized spacial score (nSPS) is 37.2. The Bertz CT molecular complexity index is 318. The van der Waals surface area contributed by atoms with Gasteiger partial charge in [-0.2, -0.15) is 0 Å². The number of amides is 1. The fourth-order valence-electron chi connectivity index (χ4n) is 3.46. The molecular formula is C16H29NO3. The van der Waals surface area contributed by atoms with E-state index < -0.39 is 0 Å². The number of ether oxygens (including phenoxy) is 1. The largest absolute Gasteiger partial charge is 0.394 e. The number of aliphatic hydroxyl groups excluding tert-OH is 1. The lowest BCUT2D eigenvalue weighted by molar-refractivity contribution is -0.127. The Morgan fingerprint density at radius 3 is 2.55 bits per heavy atom. The number of aliphatic hydroxyl groups is 1. The number of nitrogens with one attached hydrogen (secondary N) is 1. The first-order chi connectivity index (χ1) is 9.57.